The van der Waals surface area contributed by atoms with E-state index in [1.165, 1.54) is 23.8 Å². The molecular formula is C17H21N5O3S. The molecule has 0 saturated carbocycles. The van der Waals surface area contributed by atoms with Gasteiger partial charge in [0.2, 0.25) is 23.0 Å². The van der Waals surface area contributed by atoms with E-state index >= 15 is 0 Å². The van der Waals surface area contributed by atoms with Crippen LogP contribution in [0.2, 0.25) is 0 Å². The Bertz CT molecular complexity index is 803. The first-order valence-electron chi connectivity index (χ1n) is 8.60. The van der Waals surface area contributed by atoms with Gasteiger partial charge in [0.1, 0.15) is 0 Å². The maximum atomic E-state index is 11.1. The molecule has 1 N–H and O–H groups in total. The van der Waals surface area contributed by atoms with Gasteiger partial charge in [0, 0.05) is 39.1 Å². The van der Waals surface area contributed by atoms with E-state index in [1.807, 2.05) is 6.07 Å². The first-order valence-corrected chi connectivity index (χ1v) is 9.41. The number of fused-ring (bicyclic) bond motifs is 1. The summed E-state index contributed by atoms with van der Waals surface area (Å²) in [5.41, 5.74) is 1.23. The molecule has 2 aliphatic rings. The van der Waals surface area contributed by atoms with E-state index in [1.54, 1.807) is 0 Å². The van der Waals surface area contributed by atoms with Crippen LogP contribution in [0.4, 0.5) is 10.3 Å². The van der Waals surface area contributed by atoms with E-state index in [-0.39, 0.29) is 5.91 Å². The van der Waals surface area contributed by atoms with Gasteiger partial charge in [-0.3, -0.25) is 9.69 Å². The highest BCUT2D eigenvalue weighted by molar-refractivity contribution is 7.19. The van der Waals surface area contributed by atoms with E-state index < -0.39 is 0 Å². The highest BCUT2D eigenvalue weighted by Gasteiger charge is 2.25. The Labute approximate surface area is 155 Å². The SMILES string of the molecule is CC(=O)Nc1nnc(N2CCN([C@H](C)c3ccc4c(c3)OCO4)CC2)s1. The Morgan fingerprint density at radius 2 is 1.96 bits per heavy atom. The van der Waals surface area contributed by atoms with Gasteiger partial charge in [-0.1, -0.05) is 17.4 Å². The Morgan fingerprint density at radius 3 is 2.73 bits per heavy atom. The second kappa shape index (κ2) is 7.08. The third-order valence-corrected chi connectivity index (χ3v) is 5.61. The fraction of sp³-hybridized carbons (Fsp3) is 0.471. The Morgan fingerprint density at radius 1 is 1.19 bits per heavy atom. The normalized spacial score (nSPS) is 18.0. The molecule has 138 valence electrons. The summed E-state index contributed by atoms with van der Waals surface area (Å²) in [6.45, 7) is 7.61. The monoisotopic (exact) mass is 375 g/mol. The van der Waals surface area contributed by atoms with Gasteiger partial charge in [0.05, 0.1) is 0 Å². The average molecular weight is 375 g/mol. The molecule has 1 fully saturated rings. The number of carbonyl (C=O) groups excluding carboxylic acids is 1. The molecule has 2 aromatic rings. The van der Waals surface area contributed by atoms with Gasteiger partial charge in [-0.05, 0) is 24.6 Å². The van der Waals surface area contributed by atoms with Gasteiger partial charge >= 0.3 is 0 Å². The Balaban J connectivity index is 1.37. The number of ether oxygens (including phenoxy) is 2. The molecule has 1 atom stereocenters. The standard InChI is InChI=1S/C17H21N5O3S/c1-11(13-3-4-14-15(9-13)25-10-24-14)21-5-7-22(8-6-21)17-20-19-16(26-17)18-12(2)23/h3-4,9,11H,5-8,10H2,1-2H3,(H,18,19,23)/t11-/m1/s1. The number of benzene rings is 1. The summed E-state index contributed by atoms with van der Waals surface area (Å²) in [6.07, 6.45) is 0. The number of rotatable bonds is 4. The summed E-state index contributed by atoms with van der Waals surface area (Å²) in [7, 11) is 0. The molecule has 1 aromatic carbocycles. The highest BCUT2D eigenvalue weighted by Crippen LogP contribution is 2.35. The van der Waals surface area contributed by atoms with E-state index in [4.69, 9.17) is 9.47 Å². The van der Waals surface area contributed by atoms with Gasteiger partial charge in [-0.15, -0.1) is 10.2 Å². The number of aromatic nitrogens is 2. The first kappa shape index (κ1) is 17.0. The van der Waals surface area contributed by atoms with Crippen molar-refractivity contribution in [2.24, 2.45) is 0 Å². The summed E-state index contributed by atoms with van der Waals surface area (Å²) in [5, 5.41) is 12.3. The minimum absolute atomic E-state index is 0.130. The van der Waals surface area contributed by atoms with E-state index in [9.17, 15) is 4.79 Å². The van der Waals surface area contributed by atoms with Crippen LogP contribution in [0.15, 0.2) is 18.2 Å². The number of anilines is 2. The van der Waals surface area contributed by atoms with Crippen molar-refractivity contribution in [1.82, 2.24) is 15.1 Å². The topological polar surface area (TPSA) is 79.8 Å². The van der Waals surface area contributed by atoms with Crippen molar-refractivity contribution < 1.29 is 14.3 Å². The van der Waals surface area contributed by atoms with Crippen LogP contribution in [0.25, 0.3) is 0 Å². The lowest BCUT2D eigenvalue weighted by Crippen LogP contribution is -2.47. The molecule has 1 saturated heterocycles. The van der Waals surface area contributed by atoms with Crippen molar-refractivity contribution in [3.05, 3.63) is 23.8 Å². The van der Waals surface area contributed by atoms with Gasteiger partial charge in [0.15, 0.2) is 11.5 Å². The van der Waals surface area contributed by atoms with Crippen molar-refractivity contribution in [2.75, 3.05) is 43.2 Å². The van der Waals surface area contributed by atoms with Crippen molar-refractivity contribution in [3.8, 4) is 11.5 Å². The summed E-state index contributed by atoms with van der Waals surface area (Å²) in [4.78, 5) is 15.8. The lowest BCUT2D eigenvalue weighted by molar-refractivity contribution is -0.114. The van der Waals surface area contributed by atoms with Gasteiger partial charge in [0.25, 0.3) is 0 Å². The van der Waals surface area contributed by atoms with Gasteiger partial charge in [-0.2, -0.15) is 0 Å². The molecule has 4 rings (SSSR count). The third-order valence-electron chi connectivity index (χ3n) is 4.71. The first-order chi connectivity index (χ1) is 12.6. The van der Waals surface area contributed by atoms with Crippen LogP contribution in [-0.4, -0.2) is 54.0 Å². The van der Waals surface area contributed by atoms with Crippen molar-refractivity contribution in [1.29, 1.82) is 0 Å². The minimum atomic E-state index is -0.130. The number of nitrogens with zero attached hydrogens (tertiary/aromatic N) is 4. The molecule has 0 spiro atoms. The summed E-state index contributed by atoms with van der Waals surface area (Å²) in [6, 6.07) is 6.46. The van der Waals surface area contributed by atoms with E-state index in [2.05, 4.69) is 44.4 Å². The lowest BCUT2D eigenvalue weighted by Gasteiger charge is -2.38. The van der Waals surface area contributed by atoms with Gasteiger partial charge in [-0.25, -0.2) is 0 Å². The van der Waals surface area contributed by atoms with Crippen molar-refractivity contribution in [3.63, 3.8) is 0 Å². The number of hydrogen-bond acceptors (Lipinski definition) is 8. The number of amides is 1. The number of piperazine rings is 1. The van der Waals surface area contributed by atoms with Crippen LogP contribution in [-0.2, 0) is 4.79 Å². The van der Waals surface area contributed by atoms with Crippen LogP contribution in [0, 0.1) is 0 Å². The predicted molar refractivity (Wildman–Crippen MR) is 99.0 cm³/mol. The van der Waals surface area contributed by atoms with Crippen LogP contribution in [0.1, 0.15) is 25.5 Å². The molecule has 1 aromatic heterocycles. The second-order valence-corrected chi connectivity index (χ2v) is 7.34. The van der Waals surface area contributed by atoms with Crippen LogP contribution < -0.4 is 19.7 Å². The Kier molecular flexibility index (Phi) is 4.64. The average Bonchev–Trinajstić information content (AvgIpc) is 3.29. The number of hydrogen-bond donors (Lipinski definition) is 1. The van der Waals surface area contributed by atoms with E-state index in [0.717, 1.165) is 42.8 Å². The predicted octanol–water partition coefficient (Wildman–Crippen LogP) is 2.11. The molecule has 2 aliphatic heterocycles. The third kappa shape index (κ3) is 3.45. The van der Waals surface area contributed by atoms with E-state index in [0.29, 0.717) is 18.0 Å². The zero-order valence-electron chi connectivity index (χ0n) is 14.8. The molecule has 8 nitrogen and oxygen atoms in total. The molecule has 0 bridgehead atoms. The molecule has 26 heavy (non-hydrogen) atoms. The zero-order chi connectivity index (χ0) is 18.1. The quantitative estimate of drug-likeness (QED) is 0.877. The van der Waals surface area contributed by atoms with Crippen LogP contribution in [0.3, 0.4) is 0 Å². The molecule has 0 unspecified atom stereocenters. The molecule has 3 heterocycles. The molecule has 1 amide bonds. The summed E-state index contributed by atoms with van der Waals surface area (Å²) < 4.78 is 10.9. The summed E-state index contributed by atoms with van der Waals surface area (Å²) >= 11 is 1.41. The van der Waals surface area contributed by atoms with Gasteiger partial charge < -0.3 is 19.7 Å². The maximum absolute atomic E-state index is 11.1. The fourth-order valence-corrected chi connectivity index (χ4v) is 4.07. The van der Waals surface area contributed by atoms with Crippen LogP contribution in [0.5, 0.6) is 11.5 Å². The zero-order valence-corrected chi connectivity index (χ0v) is 15.6. The fourth-order valence-electron chi connectivity index (χ4n) is 3.23. The number of carbonyl (C=O) groups is 1. The lowest BCUT2D eigenvalue weighted by atomic mass is 10.1. The van der Waals surface area contributed by atoms with Crippen LogP contribution >= 0.6 is 11.3 Å². The largest absolute Gasteiger partial charge is 0.454 e. The smallest absolute Gasteiger partial charge is 0.231 e. The molecule has 9 heteroatoms. The van der Waals surface area contributed by atoms with Crippen molar-refractivity contribution >= 4 is 27.5 Å². The molecular weight excluding hydrogens is 354 g/mol. The maximum Gasteiger partial charge on any atom is 0.231 e. The molecule has 0 aliphatic carbocycles. The second-order valence-electron chi connectivity index (χ2n) is 6.38. The summed E-state index contributed by atoms with van der Waals surface area (Å²) in [5.74, 6) is 1.51. The molecule has 0 radical (unpaired) electrons. The highest BCUT2D eigenvalue weighted by atomic mass is 32.1. The van der Waals surface area contributed by atoms with Crippen molar-refractivity contribution in [2.45, 2.75) is 19.9 Å². The number of nitrogens with one attached hydrogen (secondary N) is 1. The Hall–Kier alpha value is -2.39. The minimum Gasteiger partial charge on any atom is -0.454 e.